The third-order valence-corrected chi connectivity index (χ3v) is 4.36. The Labute approximate surface area is 155 Å². The number of morpholine rings is 1. The zero-order valence-corrected chi connectivity index (χ0v) is 15.2. The maximum Gasteiger partial charge on any atom is 0.240 e. The molecule has 25 heavy (non-hydrogen) atoms. The molecule has 134 valence electrons. The maximum absolute atomic E-state index is 12.8. The van der Waals surface area contributed by atoms with Crippen molar-refractivity contribution >= 4 is 18.3 Å². The van der Waals surface area contributed by atoms with Crippen LogP contribution in [0.3, 0.4) is 0 Å². The lowest BCUT2D eigenvalue weighted by Crippen LogP contribution is -2.52. The van der Waals surface area contributed by atoms with Crippen molar-refractivity contribution < 1.29 is 9.53 Å². The Balaban J connectivity index is 0.00000225. The van der Waals surface area contributed by atoms with Gasteiger partial charge in [-0.15, -0.1) is 12.4 Å². The molecule has 1 fully saturated rings. The number of carbonyl (C=O) groups is 1. The predicted molar refractivity (Wildman–Crippen MR) is 102 cm³/mol. The van der Waals surface area contributed by atoms with Crippen molar-refractivity contribution in [1.82, 2.24) is 4.90 Å². The quantitative estimate of drug-likeness (QED) is 0.912. The van der Waals surface area contributed by atoms with Gasteiger partial charge in [-0.2, -0.15) is 0 Å². The van der Waals surface area contributed by atoms with Crippen LogP contribution in [0, 0.1) is 0 Å². The van der Waals surface area contributed by atoms with Gasteiger partial charge in [0.1, 0.15) is 6.10 Å². The van der Waals surface area contributed by atoms with E-state index in [0.29, 0.717) is 19.5 Å². The predicted octanol–water partition coefficient (Wildman–Crippen LogP) is 2.97. The highest BCUT2D eigenvalue weighted by molar-refractivity contribution is 5.85. The van der Waals surface area contributed by atoms with E-state index >= 15 is 0 Å². The van der Waals surface area contributed by atoms with E-state index in [1.165, 1.54) is 0 Å². The second-order valence-electron chi connectivity index (χ2n) is 6.39. The molecule has 0 spiro atoms. The normalized spacial score (nSPS) is 21.3. The molecule has 0 saturated carbocycles. The SMILES string of the molecule is CC1CN(C(=O)[C@@H](N)Cc2ccccc2)CC(c2ccccc2)O1.Cl. The minimum absolute atomic E-state index is 0. The number of rotatable bonds is 4. The average molecular weight is 361 g/mol. The van der Waals surface area contributed by atoms with E-state index in [-0.39, 0.29) is 30.5 Å². The standard InChI is InChI=1S/C20H24N2O2.ClH/c1-15-13-22(14-19(24-15)17-10-6-3-7-11-17)20(23)18(21)12-16-8-4-2-5-9-16;/h2-11,15,18-19H,12-14,21H2,1H3;1H/t15?,18-,19?;/m0./s1. The number of nitrogens with zero attached hydrogens (tertiary/aromatic N) is 1. The Morgan fingerprint density at radius 3 is 2.36 bits per heavy atom. The first-order chi connectivity index (χ1) is 11.6. The van der Waals surface area contributed by atoms with Gasteiger partial charge in [0.15, 0.2) is 0 Å². The molecular formula is C20H25ClN2O2. The molecule has 2 aromatic rings. The molecule has 3 rings (SSSR count). The van der Waals surface area contributed by atoms with Crippen LogP contribution in [0.5, 0.6) is 0 Å². The summed E-state index contributed by atoms with van der Waals surface area (Å²) in [6.45, 7) is 3.14. The molecular weight excluding hydrogens is 336 g/mol. The van der Waals surface area contributed by atoms with Crippen LogP contribution in [0.1, 0.15) is 24.2 Å². The molecule has 2 aromatic carbocycles. The Morgan fingerprint density at radius 1 is 1.12 bits per heavy atom. The van der Waals surface area contributed by atoms with Crippen LogP contribution in [0.15, 0.2) is 60.7 Å². The lowest BCUT2D eigenvalue weighted by molar-refractivity contribution is -0.146. The minimum atomic E-state index is -0.519. The van der Waals surface area contributed by atoms with Gasteiger partial charge in [0.05, 0.1) is 18.7 Å². The van der Waals surface area contributed by atoms with E-state index in [1.54, 1.807) is 0 Å². The highest BCUT2D eigenvalue weighted by Crippen LogP contribution is 2.25. The van der Waals surface area contributed by atoms with Crippen LogP contribution in [0.2, 0.25) is 0 Å². The molecule has 5 heteroatoms. The zero-order valence-electron chi connectivity index (χ0n) is 14.4. The summed E-state index contributed by atoms with van der Waals surface area (Å²) in [4.78, 5) is 14.6. The van der Waals surface area contributed by atoms with Gasteiger partial charge in [-0.1, -0.05) is 60.7 Å². The second-order valence-corrected chi connectivity index (χ2v) is 6.39. The number of hydrogen-bond donors (Lipinski definition) is 1. The van der Waals surface area contributed by atoms with Crippen molar-refractivity contribution in [3.63, 3.8) is 0 Å². The van der Waals surface area contributed by atoms with Crippen LogP contribution < -0.4 is 5.73 Å². The van der Waals surface area contributed by atoms with Crippen molar-refractivity contribution in [2.24, 2.45) is 5.73 Å². The molecule has 1 saturated heterocycles. The third-order valence-electron chi connectivity index (χ3n) is 4.36. The van der Waals surface area contributed by atoms with E-state index in [4.69, 9.17) is 10.5 Å². The Bertz CT molecular complexity index is 666. The number of ether oxygens (including phenoxy) is 1. The molecule has 1 aliphatic rings. The average Bonchev–Trinajstić information content (AvgIpc) is 2.62. The van der Waals surface area contributed by atoms with Crippen molar-refractivity contribution in [1.29, 1.82) is 0 Å². The van der Waals surface area contributed by atoms with Gasteiger partial charge in [0.2, 0.25) is 5.91 Å². The number of hydrogen-bond acceptors (Lipinski definition) is 3. The van der Waals surface area contributed by atoms with Gasteiger partial charge in [-0.25, -0.2) is 0 Å². The summed E-state index contributed by atoms with van der Waals surface area (Å²) in [6.07, 6.45) is 0.459. The summed E-state index contributed by atoms with van der Waals surface area (Å²) >= 11 is 0. The fourth-order valence-corrected chi connectivity index (χ4v) is 3.17. The van der Waals surface area contributed by atoms with Crippen molar-refractivity contribution in [2.75, 3.05) is 13.1 Å². The van der Waals surface area contributed by atoms with Gasteiger partial charge < -0.3 is 15.4 Å². The number of benzene rings is 2. The lowest BCUT2D eigenvalue weighted by atomic mass is 10.0. The topological polar surface area (TPSA) is 55.6 Å². The van der Waals surface area contributed by atoms with Crippen LogP contribution in [0.4, 0.5) is 0 Å². The van der Waals surface area contributed by atoms with Crippen LogP contribution in [-0.2, 0) is 16.0 Å². The molecule has 0 radical (unpaired) electrons. The van der Waals surface area contributed by atoms with E-state index < -0.39 is 6.04 Å². The van der Waals surface area contributed by atoms with Crippen LogP contribution in [0.25, 0.3) is 0 Å². The first-order valence-electron chi connectivity index (χ1n) is 8.42. The summed E-state index contributed by atoms with van der Waals surface area (Å²) in [7, 11) is 0. The molecule has 3 atom stereocenters. The van der Waals surface area contributed by atoms with Crippen molar-refractivity contribution in [3.8, 4) is 0 Å². The van der Waals surface area contributed by atoms with Crippen molar-refractivity contribution in [2.45, 2.75) is 31.6 Å². The minimum Gasteiger partial charge on any atom is -0.367 e. The monoisotopic (exact) mass is 360 g/mol. The molecule has 1 aliphatic heterocycles. The van der Waals surface area contributed by atoms with Gasteiger partial charge in [0, 0.05) is 6.54 Å². The van der Waals surface area contributed by atoms with Gasteiger partial charge >= 0.3 is 0 Å². The first-order valence-corrected chi connectivity index (χ1v) is 8.42. The summed E-state index contributed by atoms with van der Waals surface area (Å²) in [6, 6.07) is 19.4. The Kier molecular flexibility index (Phi) is 7.00. The smallest absolute Gasteiger partial charge is 0.240 e. The molecule has 1 amide bonds. The first kappa shape index (κ1) is 19.4. The van der Waals surface area contributed by atoms with E-state index in [9.17, 15) is 4.79 Å². The van der Waals surface area contributed by atoms with E-state index in [1.807, 2.05) is 72.5 Å². The second kappa shape index (κ2) is 8.99. The van der Waals surface area contributed by atoms with E-state index in [2.05, 4.69) is 0 Å². The molecule has 0 aliphatic carbocycles. The van der Waals surface area contributed by atoms with Gasteiger partial charge in [-0.05, 0) is 24.5 Å². The summed E-state index contributed by atoms with van der Waals surface area (Å²) in [5.74, 6) is -0.00469. The molecule has 4 nitrogen and oxygen atoms in total. The highest BCUT2D eigenvalue weighted by Gasteiger charge is 2.31. The van der Waals surface area contributed by atoms with Gasteiger partial charge in [-0.3, -0.25) is 4.79 Å². The maximum atomic E-state index is 12.8. The lowest BCUT2D eigenvalue weighted by Gasteiger charge is -2.38. The number of amides is 1. The number of carbonyl (C=O) groups excluding carboxylic acids is 1. The molecule has 2 unspecified atom stereocenters. The largest absolute Gasteiger partial charge is 0.367 e. The third kappa shape index (κ3) is 5.05. The molecule has 1 heterocycles. The zero-order chi connectivity index (χ0) is 16.9. The highest BCUT2D eigenvalue weighted by atomic mass is 35.5. The molecule has 0 aromatic heterocycles. The van der Waals surface area contributed by atoms with E-state index in [0.717, 1.165) is 11.1 Å². The van der Waals surface area contributed by atoms with Crippen LogP contribution in [-0.4, -0.2) is 36.0 Å². The van der Waals surface area contributed by atoms with Crippen molar-refractivity contribution in [3.05, 3.63) is 71.8 Å². The molecule has 0 bridgehead atoms. The summed E-state index contributed by atoms with van der Waals surface area (Å²) < 4.78 is 6.02. The Morgan fingerprint density at radius 2 is 1.72 bits per heavy atom. The number of nitrogens with two attached hydrogens (primary N) is 1. The van der Waals surface area contributed by atoms with Crippen LogP contribution >= 0.6 is 12.4 Å². The van der Waals surface area contributed by atoms with Gasteiger partial charge in [0.25, 0.3) is 0 Å². The fraction of sp³-hybridized carbons (Fsp3) is 0.350. The summed E-state index contributed by atoms with van der Waals surface area (Å²) in [5.41, 5.74) is 8.36. The number of halogens is 1. The molecule has 2 N–H and O–H groups in total. The summed E-state index contributed by atoms with van der Waals surface area (Å²) in [5, 5.41) is 0. The Hall–Kier alpha value is -1.88. The fourth-order valence-electron chi connectivity index (χ4n) is 3.17.